The van der Waals surface area contributed by atoms with Gasteiger partial charge in [0, 0.05) is 0 Å². The van der Waals surface area contributed by atoms with E-state index in [2.05, 4.69) is 4.72 Å². The van der Waals surface area contributed by atoms with Gasteiger partial charge in [-0.05, 0) is 19.1 Å². The van der Waals surface area contributed by atoms with E-state index in [4.69, 9.17) is 9.84 Å². The largest absolute Gasteiger partial charge is 0.481 e. The molecule has 0 aromatic heterocycles. The Kier molecular flexibility index (Phi) is 5.53. The van der Waals surface area contributed by atoms with Crippen LogP contribution in [0.1, 0.15) is 12.0 Å². The molecule has 1 aliphatic heterocycles. The Morgan fingerprint density at radius 1 is 1.26 bits per heavy atom. The van der Waals surface area contributed by atoms with Crippen LogP contribution in [0.2, 0.25) is 0 Å². The fourth-order valence-corrected chi connectivity index (χ4v) is 3.47. The Labute approximate surface area is 134 Å². The van der Waals surface area contributed by atoms with Crippen LogP contribution in [0, 0.1) is 6.92 Å². The molecule has 0 saturated carbocycles. The topological polar surface area (TPSA) is 113 Å². The number of rotatable bonds is 6. The van der Waals surface area contributed by atoms with E-state index in [-0.39, 0.29) is 11.3 Å². The summed E-state index contributed by atoms with van der Waals surface area (Å²) in [6.45, 7) is 1.42. The normalized spacial score (nSPS) is 24.5. The molecule has 0 aliphatic carbocycles. The number of ether oxygens (including phenoxy) is 1. The second kappa shape index (κ2) is 7.22. The Balaban J connectivity index is 2.14. The van der Waals surface area contributed by atoms with Crippen molar-refractivity contribution < 1.29 is 28.2 Å². The average molecular weight is 341 g/mol. The SMILES string of the molecule is Cc1ccc(S(=O)(=O)N[C@H]2C=C[C@@H](CC(=O)O)O[C@@H]2CO)cc1. The van der Waals surface area contributed by atoms with Crippen molar-refractivity contribution in [3.63, 3.8) is 0 Å². The van der Waals surface area contributed by atoms with Gasteiger partial charge in [0.15, 0.2) is 0 Å². The smallest absolute Gasteiger partial charge is 0.306 e. The minimum Gasteiger partial charge on any atom is -0.481 e. The molecule has 0 bridgehead atoms. The lowest BCUT2D eigenvalue weighted by Crippen LogP contribution is -2.48. The maximum Gasteiger partial charge on any atom is 0.306 e. The number of aryl methyl sites for hydroxylation is 1. The highest BCUT2D eigenvalue weighted by Gasteiger charge is 2.31. The first-order valence-corrected chi connectivity index (χ1v) is 8.55. The zero-order valence-corrected chi connectivity index (χ0v) is 13.4. The third-order valence-electron chi connectivity index (χ3n) is 3.46. The molecular weight excluding hydrogens is 322 g/mol. The molecule has 2 rings (SSSR count). The summed E-state index contributed by atoms with van der Waals surface area (Å²) in [5, 5.41) is 18.1. The van der Waals surface area contributed by atoms with Crippen LogP contribution >= 0.6 is 0 Å². The third-order valence-corrected chi connectivity index (χ3v) is 4.94. The maximum absolute atomic E-state index is 12.4. The van der Waals surface area contributed by atoms with Crippen molar-refractivity contribution in [2.45, 2.75) is 36.5 Å². The molecule has 0 radical (unpaired) electrons. The van der Waals surface area contributed by atoms with E-state index in [1.807, 2.05) is 6.92 Å². The number of aliphatic hydroxyl groups excluding tert-OH is 1. The van der Waals surface area contributed by atoms with Crippen LogP contribution < -0.4 is 4.72 Å². The van der Waals surface area contributed by atoms with Gasteiger partial charge in [-0.2, -0.15) is 0 Å². The van der Waals surface area contributed by atoms with Gasteiger partial charge in [0.1, 0.15) is 6.10 Å². The van der Waals surface area contributed by atoms with Crippen molar-refractivity contribution >= 4 is 16.0 Å². The highest BCUT2D eigenvalue weighted by molar-refractivity contribution is 7.89. The molecule has 1 aromatic carbocycles. The number of carbonyl (C=O) groups is 1. The van der Waals surface area contributed by atoms with Crippen LogP contribution in [-0.4, -0.2) is 49.5 Å². The Morgan fingerprint density at radius 2 is 1.91 bits per heavy atom. The number of nitrogens with one attached hydrogen (secondary N) is 1. The quantitative estimate of drug-likeness (QED) is 0.647. The number of carboxylic acids is 1. The number of aliphatic carboxylic acids is 1. The second-order valence-electron chi connectivity index (χ2n) is 5.34. The molecule has 7 nitrogen and oxygen atoms in total. The Hall–Kier alpha value is -1.74. The molecule has 0 amide bonds. The molecule has 1 aliphatic rings. The van der Waals surface area contributed by atoms with Crippen molar-refractivity contribution in [3.05, 3.63) is 42.0 Å². The zero-order chi connectivity index (χ0) is 17.0. The number of sulfonamides is 1. The molecule has 126 valence electrons. The molecule has 3 N–H and O–H groups in total. The number of hydrogen-bond acceptors (Lipinski definition) is 5. The summed E-state index contributed by atoms with van der Waals surface area (Å²) in [4.78, 5) is 10.8. The predicted octanol–water partition coefficient (Wildman–Crippen LogP) is 0.433. The monoisotopic (exact) mass is 341 g/mol. The van der Waals surface area contributed by atoms with Gasteiger partial charge in [0.2, 0.25) is 10.0 Å². The zero-order valence-electron chi connectivity index (χ0n) is 12.5. The summed E-state index contributed by atoms with van der Waals surface area (Å²) in [6, 6.07) is 5.59. The van der Waals surface area contributed by atoms with E-state index in [0.29, 0.717) is 0 Å². The predicted molar refractivity (Wildman–Crippen MR) is 82.4 cm³/mol. The number of aliphatic hydroxyl groups is 1. The second-order valence-corrected chi connectivity index (χ2v) is 7.05. The number of carboxylic acid groups (broad SMARTS) is 1. The van der Waals surface area contributed by atoms with Crippen LogP contribution in [0.25, 0.3) is 0 Å². The van der Waals surface area contributed by atoms with Gasteiger partial charge in [-0.1, -0.05) is 29.8 Å². The molecule has 8 heteroatoms. The van der Waals surface area contributed by atoms with Crippen LogP contribution in [-0.2, 0) is 19.6 Å². The van der Waals surface area contributed by atoms with Crippen molar-refractivity contribution in [2.24, 2.45) is 0 Å². The van der Waals surface area contributed by atoms with Gasteiger partial charge in [-0.25, -0.2) is 13.1 Å². The Morgan fingerprint density at radius 3 is 2.48 bits per heavy atom. The number of benzene rings is 1. The molecular formula is C15H19NO6S. The van der Waals surface area contributed by atoms with Gasteiger partial charge in [-0.15, -0.1) is 0 Å². The standard InChI is InChI=1S/C15H19NO6S/c1-10-2-5-12(6-3-10)23(20,21)16-13-7-4-11(8-15(18)19)22-14(13)9-17/h2-7,11,13-14,16-17H,8-9H2,1H3,(H,18,19)/t11-,13-,14+/m0/s1. The summed E-state index contributed by atoms with van der Waals surface area (Å²) >= 11 is 0. The molecule has 0 spiro atoms. The van der Waals surface area contributed by atoms with Crippen LogP contribution in [0.5, 0.6) is 0 Å². The van der Waals surface area contributed by atoms with E-state index in [0.717, 1.165) is 5.56 Å². The van der Waals surface area contributed by atoms with Crippen LogP contribution in [0.15, 0.2) is 41.3 Å². The van der Waals surface area contributed by atoms with Crippen molar-refractivity contribution in [3.8, 4) is 0 Å². The van der Waals surface area contributed by atoms with Crippen LogP contribution in [0.4, 0.5) is 0 Å². The first kappa shape index (κ1) is 17.6. The van der Waals surface area contributed by atoms with Gasteiger partial charge < -0.3 is 14.9 Å². The summed E-state index contributed by atoms with van der Waals surface area (Å²) < 4.78 is 32.6. The van der Waals surface area contributed by atoms with E-state index in [1.165, 1.54) is 24.3 Å². The maximum atomic E-state index is 12.4. The first-order chi connectivity index (χ1) is 10.8. The molecule has 0 fully saturated rings. The highest BCUT2D eigenvalue weighted by Crippen LogP contribution is 2.18. The van der Waals surface area contributed by atoms with Crippen molar-refractivity contribution in [1.29, 1.82) is 0 Å². The molecule has 1 aromatic rings. The van der Waals surface area contributed by atoms with Gasteiger partial charge in [0.25, 0.3) is 0 Å². The van der Waals surface area contributed by atoms with E-state index in [1.54, 1.807) is 12.1 Å². The fraction of sp³-hybridized carbons (Fsp3) is 0.400. The summed E-state index contributed by atoms with van der Waals surface area (Å²) in [5.74, 6) is -1.03. The lowest BCUT2D eigenvalue weighted by molar-refractivity contribution is -0.141. The minimum atomic E-state index is -3.77. The molecule has 3 atom stereocenters. The Bertz CT molecular complexity index is 682. The van der Waals surface area contributed by atoms with E-state index >= 15 is 0 Å². The van der Waals surface area contributed by atoms with E-state index in [9.17, 15) is 18.3 Å². The lowest BCUT2D eigenvalue weighted by Gasteiger charge is -2.31. The first-order valence-electron chi connectivity index (χ1n) is 7.07. The molecule has 0 saturated heterocycles. The summed E-state index contributed by atoms with van der Waals surface area (Å²) in [5.41, 5.74) is 0.939. The van der Waals surface area contributed by atoms with Gasteiger partial charge in [0.05, 0.1) is 30.1 Å². The molecule has 0 unspecified atom stereocenters. The average Bonchev–Trinajstić information content (AvgIpc) is 2.48. The van der Waals surface area contributed by atoms with Crippen molar-refractivity contribution in [2.75, 3.05) is 6.61 Å². The third kappa shape index (κ3) is 4.61. The van der Waals surface area contributed by atoms with Crippen LogP contribution in [0.3, 0.4) is 0 Å². The number of hydrogen-bond donors (Lipinski definition) is 3. The summed E-state index contributed by atoms with van der Waals surface area (Å²) in [7, 11) is -3.77. The summed E-state index contributed by atoms with van der Waals surface area (Å²) in [6.07, 6.45) is 1.23. The van der Waals surface area contributed by atoms with Gasteiger partial charge >= 0.3 is 5.97 Å². The van der Waals surface area contributed by atoms with Crippen molar-refractivity contribution in [1.82, 2.24) is 4.72 Å². The highest BCUT2D eigenvalue weighted by atomic mass is 32.2. The van der Waals surface area contributed by atoms with E-state index < -0.39 is 40.8 Å². The molecule has 1 heterocycles. The van der Waals surface area contributed by atoms with Gasteiger partial charge in [-0.3, -0.25) is 4.79 Å². The lowest BCUT2D eigenvalue weighted by atomic mass is 10.1. The molecule has 23 heavy (non-hydrogen) atoms. The fourth-order valence-electron chi connectivity index (χ4n) is 2.25. The minimum absolute atomic E-state index is 0.112.